The van der Waals surface area contributed by atoms with Gasteiger partial charge in [-0.05, 0) is 26.9 Å². The molecule has 100 valence electrons. The molecular weight excluding hydrogens is 216 g/mol. The first-order chi connectivity index (χ1) is 8.15. The summed E-state index contributed by atoms with van der Waals surface area (Å²) in [5.41, 5.74) is 0. The van der Waals surface area contributed by atoms with Gasteiger partial charge in [-0.2, -0.15) is 0 Å². The van der Waals surface area contributed by atoms with E-state index in [-0.39, 0.29) is 12.5 Å². The molecule has 17 heavy (non-hydrogen) atoms. The number of rotatable bonds is 6. The van der Waals surface area contributed by atoms with E-state index in [1.807, 2.05) is 23.9 Å². The summed E-state index contributed by atoms with van der Waals surface area (Å²) >= 11 is 0. The van der Waals surface area contributed by atoms with Gasteiger partial charge in [0, 0.05) is 25.6 Å². The molecule has 0 atom stereocenters. The molecule has 0 aromatic rings. The van der Waals surface area contributed by atoms with E-state index < -0.39 is 0 Å². The zero-order valence-electron chi connectivity index (χ0n) is 11.2. The van der Waals surface area contributed by atoms with Crippen molar-refractivity contribution < 1.29 is 9.90 Å². The molecule has 0 saturated heterocycles. The number of carbonyl (C=O) groups excluding carboxylic acids is 1. The highest BCUT2D eigenvalue weighted by Crippen LogP contribution is 2.22. The predicted molar refractivity (Wildman–Crippen MR) is 68.8 cm³/mol. The van der Waals surface area contributed by atoms with Crippen molar-refractivity contribution in [2.45, 2.75) is 44.6 Å². The first-order valence-corrected chi connectivity index (χ1v) is 6.70. The van der Waals surface area contributed by atoms with Gasteiger partial charge in [0.25, 0.3) is 0 Å². The van der Waals surface area contributed by atoms with E-state index in [2.05, 4.69) is 0 Å². The number of amides is 1. The molecule has 1 rings (SSSR count). The highest BCUT2D eigenvalue weighted by Gasteiger charge is 2.24. The van der Waals surface area contributed by atoms with Crippen LogP contribution in [-0.2, 0) is 4.79 Å². The van der Waals surface area contributed by atoms with Crippen LogP contribution in [0.3, 0.4) is 0 Å². The van der Waals surface area contributed by atoms with Gasteiger partial charge in [0.15, 0.2) is 0 Å². The molecule has 0 aromatic carbocycles. The Hall–Kier alpha value is -0.610. The Bertz CT molecular complexity index is 225. The lowest BCUT2D eigenvalue weighted by atomic mass is 9.94. The Morgan fingerprint density at radius 3 is 2.35 bits per heavy atom. The molecule has 1 amide bonds. The molecule has 1 N–H and O–H groups in total. The Morgan fingerprint density at radius 1 is 1.18 bits per heavy atom. The number of carbonyl (C=O) groups is 1. The molecular formula is C13H26N2O2. The second kappa shape index (κ2) is 7.67. The van der Waals surface area contributed by atoms with Gasteiger partial charge in [-0.15, -0.1) is 0 Å². The number of aliphatic hydroxyl groups is 1. The van der Waals surface area contributed by atoms with Gasteiger partial charge in [-0.25, -0.2) is 0 Å². The molecule has 4 nitrogen and oxygen atoms in total. The normalized spacial score (nSPS) is 17.4. The summed E-state index contributed by atoms with van der Waals surface area (Å²) in [4.78, 5) is 16.1. The fraction of sp³-hybridized carbons (Fsp3) is 0.923. The van der Waals surface area contributed by atoms with E-state index >= 15 is 0 Å². The minimum absolute atomic E-state index is 0.0736. The van der Waals surface area contributed by atoms with E-state index in [1.54, 1.807) is 0 Å². The van der Waals surface area contributed by atoms with Crippen molar-refractivity contribution in [3.63, 3.8) is 0 Å². The Morgan fingerprint density at radius 2 is 1.82 bits per heavy atom. The molecule has 1 fully saturated rings. The molecule has 4 heteroatoms. The van der Waals surface area contributed by atoms with Crippen LogP contribution in [0.25, 0.3) is 0 Å². The van der Waals surface area contributed by atoms with Crippen LogP contribution in [0.4, 0.5) is 0 Å². The largest absolute Gasteiger partial charge is 0.395 e. The van der Waals surface area contributed by atoms with Crippen molar-refractivity contribution >= 4 is 5.91 Å². The van der Waals surface area contributed by atoms with E-state index in [9.17, 15) is 4.79 Å². The lowest BCUT2D eigenvalue weighted by Gasteiger charge is -2.34. The van der Waals surface area contributed by atoms with E-state index in [0.717, 1.165) is 19.4 Å². The molecule has 1 aliphatic rings. The maximum Gasteiger partial charge on any atom is 0.224 e. The number of aliphatic hydroxyl groups excluding tert-OH is 1. The van der Waals surface area contributed by atoms with Crippen LogP contribution in [0.15, 0.2) is 0 Å². The monoisotopic (exact) mass is 242 g/mol. The number of hydrogen-bond donors (Lipinski definition) is 1. The minimum Gasteiger partial charge on any atom is -0.395 e. The molecule has 0 heterocycles. The van der Waals surface area contributed by atoms with Gasteiger partial charge in [0.05, 0.1) is 6.61 Å². The van der Waals surface area contributed by atoms with Gasteiger partial charge in [-0.3, -0.25) is 4.79 Å². The third-order valence-electron chi connectivity index (χ3n) is 3.45. The summed E-state index contributed by atoms with van der Waals surface area (Å²) in [7, 11) is 3.95. The molecule has 1 aliphatic carbocycles. The minimum atomic E-state index is 0.0736. The average molecular weight is 242 g/mol. The summed E-state index contributed by atoms with van der Waals surface area (Å²) in [6, 6.07) is 0.366. The fourth-order valence-corrected chi connectivity index (χ4v) is 2.47. The highest BCUT2D eigenvalue weighted by atomic mass is 16.3. The number of hydrogen-bond acceptors (Lipinski definition) is 3. The van der Waals surface area contributed by atoms with Crippen LogP contribution in [0.2, 0.25) is 0 Å². The van der Waals surface area contributed by atoms with Crippen molar-refractivity contribution in [3.8, 4) is 0 Å². The molecule has 0 spiro atoms. The summed E-state index contributed by atoms with van der Waals surface area (Å²) in [6.07, 6.45) is 6.49. The Balaban J connectivity index is 2.47. The summed E-state index contributed by atoms with van der Waals surface area (Å²) in [6.45, 7) is 1.36. The van der Waals surface area contributed by atoms with Crippen LogP contribution in [0.5, 0.6) is 0 Å². The average Bonchev–Trinajstić information content (AvgIpc) is 2.34. The lowest BCUT2D eigenvalue weighted by molar-refractivity contribution is -0.135. The third kappa shape index (κ3) is 5.04. The molecule has 1 saturated carbocycles. The van der Waals surface area contributed by atoms with Crippen molar-refractivity contribution in [1.29, 1.82) is 0 Å². The molecule has 0 radical (unpaired) electrons. The fourth-order valence-electron chi connectivity index (χ4n) is 2.47. The van der Waals surface area contributed by atoms with Crippen molar-refractivity contribution in [3.05, 3.63) is 0 Å². The predicted octanol–water partition coefficient (Wildman–Crippen LogP) is 1.09. The maximum absolute atomic E-state index is 12.1. The molecule has 0 bridgehead atoms. The van der Waals surface area contributed by atoms with Crippen LogP contribution in [-0.4, -0.2) is 60.6 Å². The van der Waals surface area contributed by atoms with Crippen molar-refractivity contribution in [2.24, 2.45) is 0 Å². The molecule has 0 aromatic heterocycles. The van der Waals surface area contributed by atoms with Gasteiger partial charge in [0.1, 0.15) is 0 Å². The number of nitrogens with zero attached hydrogens (tertiary/aromatic N) is 2. The summed E-state index contributed by atoms with van der Waals surface area (Å²) in [5, 5.41) is 9.09. The second-order valence-electron chi connectivity index (χ2n) is 5.16. The van der Waals surface area contributed by atoms with Crippen LogP contribution >= 0.6 is 0 Å². The summed E-state index contributed by atoms with van der Waals surface area (Å²) < 4.78 is 0. The standard InChI is InChI=1S/C13H26N2O2/c1-14(2)9-8-13(17)15(10-11-16)12-6-4-3-5-7-12/h12,16H,3-11H2,1-2H3. The van der Waals surface area contributed by atoms with E-state index in [0.29, 0.717) is 19.0 Å². The zero-order chi connectivity index (χ0) is 12.7. The van der Waals surface area contributed by atoms with Crippen molar-refractivity contribution in [1.82, 2.24) is 9.80 Å². The van der Waals surface area contributed by atoms with Crippen LogP contribution in [0.1, 0.15) is 38.5 Å². The second-order valence-corrected chi connectivity index (χ2v) is 5.16. The van der Waals surface area contributed by atoms with Crippen LogP contribution in [0, 0.1) is 0 Å². The summed E-state index contributed by atoms with van der Waals surface area (Å²) in [5.74, 6) is 0.194. The smallest absolute Gasteiger partial charge is 0.224 e. The first-order valence-electron chi connectivity index (χ1n) is 6.70. The van der Waals surface area contributed by atoms with Crippen LogP contribution < -0.4 is 0 Å². The molecule has 0 unspecified atom stereocenters. The zero-order valence-corrected chi connectivity index (χ0v) is 11.2. The van der Waals surface area contributed by atoms with Gasteiger partial charge < -0.3 is 14.9 Å². The lowest BCUT2D eigenvalue weighted by Crippen LogP contribution is -2.43. The maximum atomic E-state index is 12.1. The Kier molecular flexibility index (Phi) is 6.52. The highest BCUT2D eigenvalue weighted by molar-refractivity contribution is 5.76. The quantitative estimate of drug-likeness (QED) is 0.758. The van der Waals surface area contributed by atoms with Crippen molar-refractivity contribution in [2.75, 3.05) is 33.8 Å². The Labute approximate surface area is 105 Å². The first kappa shape index (κ1) is 14.5. The van der Waals surface area contributed by atoms with E-state index in [1.165, 1.54) is 19.3 Å². The third-order valence-corrected chi connectivity index (χ3v) is 3.45. The van der Waals surface area contributed by atoms with E-state index in [4.69, 9.17) is 5.11 Å². The molecule has 0 aliphatic heterocycles. The SMILES string of the molecule is CN(C)CCC(=O)N(CCO)C1CCCCC1. The van der Waals surface area contributed by atoms with Gasteiger partial charge in [0.2, 0.25) is 5.91 Å². The van der Waals surface area contributed by atoms with Gasteiger partial charge >= 0.3 is 0 Å². The van der Waals surface area contributed by atoms with Gasteiger partial charge in [-0.1, -0.05) is 19.3 Å². The topological polar surface area (TPSA) is 43.8 Å².